The number of rotatable bonds is 5. The smallest absolute Gasteiger partial charge is 0.257 e. The molecule has 0 radical (unpaired) electrons. The Kier molecular flexibility index (Phi) is 5.61. The summed E-state index contributed by atoms with van der Waals surface area (Å²) in [5.41, 5.74) is 2.07. The lowest BCUT2D eigenvalue weighted by Crippen LogP contribution is -2.50. The highest BCUT2D eigenvalue weighted by Crippen LogP contribution is 2.27. The van der Waals surface area contributed by atoms with Gasteiger partial charge >= 0.3 is 0 Å². The van der Waals surface area contributed by atoms with Gasteiger partial charge in [0, 0.05) is 45.5 Å². The molecular weight excluding hydrogens is 392 g/mol. The zero-order valence-corrected chi connectivity index (χ0v) is 17.9. The minimum absolute atomic E-state index is 0.00278. The average molecular weight is 421 g/mol. The van der Waals surface area contributed by atoms with E-state index in [0.29, 0.717) is 36.2 Å². The fourth-order valence-electron chi connectivity index (χ4n) is 4.37. The number of amides is 1. The number of carbonyl (C=O) groups excluding carboxylic acids is 1. The molecule has 0 spiro atoms. The van der Waals surface area contributed by atoms with Crippen LogP contribution in [0.3, 0.4) is 0 Å². The SMILES string of the molecule is Cc1ccc(-c2nn(-c3ccccc3)cc2C(=O)N2CCN(CC3CCCO3)CC2)o1. The van der Waals surface area contributed by atoms with Crippen LogP contribution >= 0.6 is 0 Å². The first kappa shape index (κ1) is 20.0. The number of ether oxygens (including phenoxy) is 1. The maximum atomic E-state index is 13.5. The molecule has 3 aromatic rings. The van der Waals surface area contributed by atoms with Crippen LogP contribution in [0.15, 0.2) is 53.1 Å². The third kappa shape index (κ3) is 4.29. The molecule has 2 fully saturated rings. The van der Waals surface area contributed by atoms with E-state index in [1.54, 1.807) is 4.68 Å². The molecule has 5 rings (SSSR count). The maximum absolute atomic E-state index is 13.5. The molecule has 0 bridgehead atoms. The van der Waals surface area contributed by atoms with Gasteiger partial charge in [0.2, 0.25) is 0 Å². The molecule has 7 nitrogen and oxygen atoms in total. The van der Waals surface area contributed by atoms with Gasteiger partial charge in [-0.3, -0.25) is 9.69 Å². The lowest BCUT2D eigenvalue weighted by molar-refractivity contribution is 0.0433. The van der Waals surface area contributed by atoms with Gasteiger partial charge in [0.25, 0.3) is 5.91 Å². The summed E-state index contributed by atoms with van der Waals surface area (Å²) in [6, 6.07) is 13.6. The van der Waals surface area contributed by atoms with E-state index < -0.39 is 0 Å². The van der Waals surface area contributed by atoms with E-state index in [4.69, 9.17) is 14.3 Å². The summed E-state index contributed by atoms with van der Waals surface area (Å²) in [5.74, 6) is 1.42. The Morgan fingerprint density at radius 3 is 2.58 bits per heavy atom. The number of piperazine rings is 1. The number of hydrogen-bond acceptors (Lipinski definition) is 5. The lowest BCUT2D eigenvalue weighted by atomic mass is 10.1. The van der Waals surface area contributed by atoms with Crippen molar-refractivity contribution in [3.05, 3.63) is 60.0 Å². The largest absolute Gasteiger partial charge is 0.460 e. The first-order valence-corrected chi connectivity index (χ1v) is 11.0. The van der Waals surface area contributed by atoms with Crippen molar-refractivity contribution < 1.29 is 13.9 Å². The first-order chi connectivity index (χ1) is 15.2. The maximum Gasteiger partial charge on any atom is 0.257 e. The standard InChI is InChI=1S/C24H28N4O3/c1-18-9-10-22(31-18)23-21(17-28(25-23)19-6-3-2-4-7-19)24(29)27-13-11-26(12-14-27)16-20-8-5-15-30-20/h2-4,6-7,9-10,17,20H,5,8,11-16H2,1H3. The molecule has 1 aromatic carbocycles. The quantitative estimate of drug-likeness (QED) is 0.633. The molecule has 0 N–H and O–H groups in total. The molecule has 2 aliphatic rings. The highest BCUT2D eigenvalue weighted by atomic mass is 16.5. The van der Waals surface area contributed by atoms with E-state index in [9.17, 15) is 4.79 Å². The minimum atomic E-state index is 0.00278. The van der Waals surface area contributed by atoms with Gasteiger partial charge in [-0.25, -0.2) is 4.68 Å². The van der Waals surface area contributed by atoms with Crippen molar-refractivity contribution in [1.82, 2.24) is 19.6 Å². The fourth-order valence-corrected chi connectivity index (χ4v) is 4.37. The van der Waals surface area contributed by atoms with Crippen molar-refractivity contribution in [3.63, 3.8) is 0 Å². The van der Waals surface area contributed by atoms with Crippen LogP contribution in [0.1, 0.15) is 29.0 Å². The summed E-state index contributed by atoms with van der Waals surface area (Å²) in [6.45, 7) is 6.89. The van der Waals surface area contributed by atoms with E-state index in [-0.39, 0.29) is 5.91 Å². The summed E-state index contributed by atoms with van der Waals surface area (Å²) in [7, 11) is 0. The Morgan fingerprint density at radius 2 is 1.90 bits per heavy atom. The van der Waals surface area contributed by atoms with E-state index in [2.05, 4.69) is 4.90 Å². The van der Waals surface area contributed by atoms with Crippen molar-refractivity contribution in [2.45, 2.75) is 25.9 Å². The molecule has 4 heterocycles. The lowest BCUT2D eigenvalue weighted by Gasteiger charge is -2.35. The number of nitrogens with zero attached hydrogens (tertiary/aromatic N) is 4. The number of furan rings is 1. The second kappa shape index (κ2) is 8.69. The summed E-state index contributed by atoms with van der Waals surface area (Å²) in [5, 5.41) is 4.71. The van der Waals surface area contributed by atoms with Gasteiger partial charge < -0.3 is 14.1 Å². The number of aromatic nitrogens is 2. The van der Waals surface area contributed by atoms with E-state index in [0.717, 1.165) is 50.5 Å². The van der Waals surface area contributed by atoms with Gasteiger partial charge in [0.1, 0.15) is 11.5 Å². The Hall–Kier alpha value is -2.90. The van der Waals surface area contributed by atoms with Crippen LogP contribution in [0, 0.1) is 6.92 Å². The summed E-state index contributed by atoms with van der Waals surface area (Å²) < 4.78 is 13.3. The topological polar surface area (TPSA) is 63.7 Å². The molecule has 162 valence electrons. The molecule has 31 heavy (non-hydrogen) atoms. The van der Waals surface area contributed by atoms with Crippen LogP contribution in [-0.2, 0) is 4.74 Å². The third-order valence-corrected chi connectivity index (χ3v) is 6.08. The third-order valence-electron chi connectivity index (χ3n) is 6.08. The van der Waals surface area contributed by atoms with Crippen LogP contribution in [0.25, 0.3) is 17.1 Å². The highest BCUT2D eigenvalue weighted by molar-refractivity contribution is 5.99. The number of hydrogen-bond donors (Lipinski definition) is 0. The fraction of sp³-hybridized carbons (Fsp3) is 0.417. The second-order valence-electron chi connectivity index (χ2n) is 8.31. The predicted octanol–water partition coefficient (Wildman–Crippen LogP) is 3.38. The number of aryl methyl sites for hydroxylation is 1. The van der Waals surface area contributed by atoms with Crippen molar-refractivity contribution in [1.29, 1.82) is 0 Å². The molecule has 7 heteroatoms. The Labute approximate surface area is 182 Å². The minimum Gasteiger partial charge on any atom is -0.460 e. The van der Waals surface area contributed by atoms with Crippen molar-refractivity contribution in [2.24, 2.45) is 0 Å². The monoisotopic (exact) mass is 420 g/mol. The van der Waals surface area contributed by atoms with Crippen LogP contribution < -0.4 is 0 Å². The van der Waals surface area contributed by atoms with Crippen molar-refractivity contribution >= 4 is 5.91 Å². The number of carbonyl (C=O) groups is 1. The zero-order valence-electron chi connectivity index (χ0n) is 17.9. The van der Waals surface area contributed by atoms with Crippen LogP contribution in [-0.4, -0.2) is 70.9 Å². The molecule has 2 aliphatic heterocycles. The molecule has 1 unspecified atom stereocenters. The van der Waals surface area contributed by atoms with Gasteiger partial charge in [-0.2, -0.15) is 5.10 Å². The summed E-state index contributed by atoms with van der Waals surface area (Å²) >= 11 is 0. The van der Waals surface area contributed by atoms with E-state index in [1.165, 1.54) is 0 Å². The summed E-state index contributed by atoms with van der Waals surface area (Å²) in [6.07, 6.45) is 4.47. The molecule has 2 aromatic heterocycles. The molecule has 1 atom stereocenters. The number of benzene rings is 1. The van der Waals surface area contributed by atoms with E-state index >= 15 is 0 Å². The molecule has 0 saturated carbocycles. The van der Waals surface area contributed by atoms with Crippen molar-refractivity contribution in [2.75, 3.05) is 39.3 Å². The normalized spacial score (nSPS) is 19.8. The van der Waals surface area contributed by atoms with Crippen LogP contribution in [0.2, 0.25) is 0 Å². The van der Waals surface area contributed by atoms with Gasteiger partial charge in [-0.05, 0) is 44.0 Å². The van der Waals surface area contributed by atoms with Crippen LogP contribution in [0.5, 0.6) is 0 Å². The highest BCUT2D eigenvalue weighted by Gasteiger charge is 2.29. The molecule has 2 saturated heterocycles. The molecule has 1 amide bonds. The second-order valence-corrected chi connectivity index (χ2v) is 8.31. The first-order valence-electron chi connectivity index (χ1n) is 11.0. The predicted molar refractivity (Wildman–Crippen MR) is 117 cm³/mol. The van der Waals surface area contributed by atoms with Crippen molar-refractivity contribution in [3.8, 4) is 17.1 Å². The Morgan fingerprint density at radius 1 is 1.10 bits per heavy atom. The molecular formula is C24H28N4O3. The molecule has 0 aliphatic carbocycles. The number of para-hydroxylation sites is 1. The zero-order chi connectivity index (χ0) is 21.2. The van der Waals surface area contributed by atoms with Crippen LogP contribution in [0.4, 0.5) is 0 Å². The van der Waals surface area contributed by atoms with Gasteiger partial charge in [-0.15, -0.1) is 0 Å². The van der Waals surface area contributed by atoms with Gasteiger partial charge in [0.05, 0.1) is 17.4 Å². The van der Waals surface area contributed by atoms with Gasteiger partial charge in [0.15, 0.2) is 5.76 Å². The average Bonchev–Trinajstić information content (AvgIpc) is 3.55. The Balaban J connectivity index is 1.36. The summed E-state index contributed by atoms with van der Waals surface area (Å²) in [4.78, 5) is 17.8. The Bertz CT molecular complexity index is 1030. The van der Waals surface area contributed by atoms with E-state index in [1.807, 2.05) is 60.5 Å². The van der Waals surface area contributed by atoms with Gasteiger partial charge in [-0.1, -0.05) is 18.2 Å².